The number of fused-ring (bicyclic) bond motifs is 4. The van der Waals surface area contributed by atoms with E-state index in [1.165, 1.54) is 13.1 Å². The molecule has 4 atom stereocenters. The molecule has 1 aromatic heterocycles. The van der Waals surface area contributed by atoms with E-state index in [4.69, 9.17) is 46.4 Å². The van der Waals surface area contributed by atoms with Gasteiger partial charge in [-0.2, -0.15) is 0 Å². The maximum Gasteiger partial charge on any atom is 0.573 e. The molecule has 1 aliphatic heterocycles. The molecule has 2 aliphatic carbocycles. The summed E-state index contributed by atoms with van der Waals surface area (Å²) in [5, 5.41) is 9.30. The van der Waals surface area contributed by atoms with Gasteiger partial charge in [-0.1, -0.05) is 29.3 Å². The summed E-state index contributed by atoms with van der Waals surface area (Å²) in [7, 11) is 1.23. The number of carbonyl (C=O) groups excluding carboxylic acids is 2. The minimum Gasteiger partial charge on any atom is -0.508 e. The number of phenols is 1. The topological polar surface area (TPSA) is 113 Å². The van der Waals surface area contributed by atoms with Crippen molar-refractivity contribution < 1.29 is 32.6 Å². The summed E-state index contributed by atoms with van der Waals surface area (Å²) in [5.41, 5.74) is -1.72. The summed E-state index contributed by atoms with van der Waals surface area (Å²) in [6, 6.07) is 1.31. The van der Waals surface area contributed by atoms with Crippen LogP contribution in [0.1, 0.15) is 23.9 Å². The number of ketones is 2. The number of phenolic OH excluding ortho intramolecular Hbond substituents is 1. The summed E-state index contributed by atoms with van der Waals surface area (Å²) in [5.74, 6) is -5.20. The van der Waals surface area contributed by atoms with Gasteiger partial charge in [0, 0.05) is 24.9 Å². The van der Waals surface area contributed by atoms with E-state index in [1.807, 2.05) is 0 Å². The Morgan fingerprint density at radius 3 is 2.32 bits per heavy atom. The number of Topliss-reactive ketones (excluding diaryl/α,β-unsaturated/α-hetero) is 2. The second-order valence-electron chi connectivity index (χ2n) is 8.98. The molecule has 3 aliphatic rings. The zero-order valence-electron chi connectivity index (χ0n) is 18.9. The highest BCUT2D eigenvalue weighted by molar-refractivity contribution is 6.66. The third-order valence-corrected chi connectivity index (χ3v) is 9.29. The first-order valence-electron chi connectivity index (χ1n) is 10.7. The monoisotopic (exact) mass is 613 g/mol. The normalized spacial score (nSPS) is 29.0. The van der Waals surface area contributed by atoms with Crippen LogP contribution in [0, 0.1) is 0 Å². The highest BCUT2D eigenvalue weighted by Crippen LogP contribution is 2.64. The second kappa shape index (κ2) is 8.41. The lowest BCUT2D eigenvalue weighted by atomic mass is 9.59. The van der Waals surface area contributed by atoms with Crippen LogP contribution in [0.3, 0.4) is 0 Å². The number of nitrogens with zero attached hydrogens (tertiary/aromatic N) is 3. The van der Waals surface area contributed by atoms with Crippen molar-refractivity contribution in [1.29, 1.82) is 0 Å². The minimum absolute atomic E-state index is 0.132. The van der Waals surface area contributed by atoms with E-state index in [2.05, 4.69) is 4.74 Å². The van der Waals surface area contributed by atoms with Crippen molar-refractivity contribution in [2.24, 2.45) is 7.05 Å². The Kier molecular flexibility index (Phi) is 5.96. The maximum atomic E-state index is 13.6. The molecule has 9 nitrogen and oxygen atoms in total. The maximum absolute atomic E-state index is 13.6. The molecule has 5 rings (SSSR count). The van der Waals surface area contributed by atoms with E-state index < -0.39 is 79.0 Å². The molecule has 1 aromatic carbocycles. The first-order valence-corrected chi connectivity index (χ1v) is 12.3. The van der Waals surface area contributed by atoms with Crippen LogP contribution < -0.4 is 16.1 Å². The van der Waals surface area contributed by atoms with Gasteiger partial charge in [0.25, 0.3) is 0 Å². The largest absolute Gasteiger partial charge is 0.573 e. The zero-order valence-corrected chi connectivity index (χ0v) is 21.9. The number of rotatable bonds is 2. The van der Waals surface area contributed by atoms with E-state index in [0.29, 0.717) is 0 Å². The van der Waals surface area contributed by atoms with Gasteiger partial charge in [-0.05, 0) is 23.8 Å². The fraction of sp³-hybridized carbons (Fsp3) is 0.364. The molecule has 1 fully saturated rings. The Morgan fingerprint density at radius 1 is 1.05 bits per heavy atom. The lowest BCUT2D eigenvalue weighted by Gasteiger charge is -2.54. The third kappa shape index (κ3) is 3.46. The number of ether oxygens (including phenoxy) is 1. The summed E-state index contributed by atoms with van der Waals surface area (Å²) in [6.45, 7) is -0.203. The first kappa shape index (κ1) is 26.9. The smallest absolute Gasteiger partial charge is 0.508 e. The van der Waals surface area contributed by atoms with Crippen LogP contribution in [0.25, 0.3) is 0 Å². The lowest BCUT2D eigenvalue weighted by Crippen LogP contribution is -2.67. The predicted molar refractivity (Wildman–Crippen MR) is 129 cm³/mol. The Hall–Kier alpha value is -2.67. The van der Waals surface area contributed by atoms with Gasteiger partial charge in [0.1, 0.15) is 31.3 Å². The fourth-order valence-electron chi connectivity index (χ4n) is 5.39. The number of hydrogen-bond donors (Lipinski definition) is 1. The number of hydrogen-bond acceptors (Lipinski definition) is 6. The van der Waals surface area contributed by atoms with Crippen LogP contribution in [0.2, 0.25) is 0 Å². The van der Waals surface area contributed by atoms with Crippen molar-refractivity contribution >= 4 is 58.0 Å². The summed E-state index contributed by atoms with van der Waals surface area (Å²) in [6.07, 6.45) is -4.20. The van der Waals surface area contributed by atoms with Gasteiger partial charge in [-0.3, -0.25) is 9.59 Å². The van der Waals surface area contributed by atoms with Gasteiger partial charge in [0.15, 0.2) is 11.6 Å². The van der Waals surface area contributed by atoms with Crippen molar-refractivity contribution in [3.05, 3.63) is 66.4 Å². The molecule has 38 heavy (non-hydrogen) atoms. The summed E-state index contributed by atoms with van der Waals surface area (Å²) in [4.78, 5) is 47.8. The van der Waals surface area contributed by atoms with Crippen molar-refractivity contribution in [2.75, 3.05) is 0 Å². The Balaban J connectivity index is 1.84. The highest BCUT2D eigenvalue weighted by Gasteiger charge is 2.71. The molecule has 0 spiro atoms. The molecule has 1 saturated carbocycles. The molecule has 2 aromatic rings. The molecule has 0 bridgehead atoms. The van der Waals surface area contributed by atoms with Crippen molar-refractivity contribution in [2.45, 2.75) is 41.0 Å². The molecule has 0 saturated heterocycles. The van der Waals surface area contributed by atoms with E-state index in [0.717, 1.165) is 32.1 Å². The van der Waals surface area contributed by atoms with Gasteiger partial charge >= 0.3 is 17.7 Å². The molecule has 0 unspecified atom stereocenters. The zero-order chi connectivity index (χ0) is 28.1. The molecule has 1 N–H and O–H groups in total. The summed E-state index contributed by atoms with van der Waals surface area (Å²) < 4.78 is 45.9. The van der Waals surface area contributed by atoms with Gasteiger partial charge in [0.2, 0.25) is 0 Å². The molecule has 202 valence electrons. The van der Waals surface area contributed by atoms with Gasteiger partial charge in [-0.15, -0.1) is 36.4 Å². The molecule has 16 heteroatoms. The number of alkyl halides is 5. The van der Waals surface area contributed by atoms with Gasteiger partial charge in [0.05, 0.1) is 12.6 Å². The highest BCUT2D eigenvalue weighted by atomic mass is 35.5. The standard InChI is InChI=1S/C22H14Cl4F3N3O6/c1-30-18(36)31-5-4-9-11(32(31)19(30)37)7-20(25)16(34)14(23)15(24)17(35)21(20,26)13(9)10-6-8(2-3-12(10)33)38-22(27,28)29/h2-4,6,11,13,33H,5,7H2,1H3/t11-,13-,20-,21+/m1/s1. The Morgan fingerprint density at radius 2 is 1.68 bits per heavy atom. The van der Waals surface area contributed by atoms with E-state index in [1.54, 1.807) is 0 Å². The molecule has 2 heterocycles. The van der Waals surface area contributed by atoms with Crippen LogP contribution in [0.4, 0.5) is 13.2 Å². The Labute approximate surface area is 230 Å². The number of aromatic hydroxyl groups is 1. The number of aromatic nitrogens is 3. The van der Waals surface area contributed by atoms with E-state index in [9.17, 15) is 37.5 Å². The number of carbonyl (C=O) groups is 2. The van der Waals surface area contributed by atoms with Gasteiger partial charge < -0.3 is 9.84 Å². The fourth-order valence-corrected chi connectivity index (χ4v) is 6.90. The van der Waals surface area contributed by atoms with E-state index >= 15 is 0 Å². The summed E-state index contributed by atoms with van der Waals surface area (Å²) >= 11 is 25.9. The predicted octanol–water partition coefficient (Wildman–Crippen LogP) is 3.42. The molecule has 0 radical (unpaired) electrons. The lowest BCUT2D eigenvalue weighted by molar-refractivity contribution is -0.274. The van der Waals surface area contributed by atoms with Crippen LogP contribution in [-0.2, 0) is 23.2 Å². The molecular formula is C22H14Cl4F3N3O6. The van der Waals surface area contributed by atoms with Crippen LogP contribution >= 0.6 is 46.4 Å². The SMILES string of the molecule is Cn1c(=O)n2n(c1=O)[C@@H]1C[C@@]3(Cl)C(=O)C(Cl)=C(Cl)C(=O)[C@@]3(Cl)[C@@H](c3cc(OC(F)(F)F)ccc3O)C1=CC2. The number of allylic oxidation sites excluding steroid dienone is 4. The van der Waals surface area contributed by atoms with Crippen molar-refractivity contribution in [3.8, 4) is 11.5 Å². The van der Waals surface area contributed by atoms with Gasteiger partial charge in [-0.25, -0.2) is 23.5 Å². The van der Waals surface area contributed by atoms with Crippen LogP contribution in [0.15, 0.2) is 49.5 Å². The molecule has 0 amide bonds. The number of benzene rings is 1. The number of halogens is 7. The third-order valence-electron chi connectivity index (χ3n) is 7.04. The second-order valence-corrected chi connectivity index (χ2v) is 11.0. The first-order chi connectivity index (χ1) is 17.5. The van der Waals surface area contributed by atoms with E-state index in [-0.39, 0.29) is 17.7 Å². The van der Waals surface area contributed by atoms with Crippen molar-refractivity contribution in [3.63, 3.8) is 0 Å². The average Bonchev–Trinajstić information content (AvgIpc) is 3.06. The average molecular weight is 615 g/mol. The van der Waals surface area contributed by atoms with Crippen molar-refractivity contribution in [1.82, 2.24) is 13.9 Å². The quantitative estimate of drug-likeness (QED) is 0.410. The van der Waals surface area contributed by atoms with Crippen LogP contribution in [0.5, 0.6) is 11.5 Å². The Bertz CT molecular complexity index is 1620. The molecular weight excluding hydrogens is 601 g/mol. The minimum atomic E-state index is -5.11. The van der Waals surface area contributed by atoms with Crippen LogP contribution in [-0.4, -0.2) is 46.7 Å².